The van der Waals surface area contributed by atoms with Gasteiger partial charge in [0.1, 0.15) is 18.9 Å². The molecule has 3 rings (SSSR count). The van der Waals surface area contributed by atoms with Crippen molar-refractivity contribution in [2.24, 2.45) is 0 Å². The third-order valence-corrected chi connectivity index (χ3v) is 3.25. The third-order valence-electron chi connectivity index (χ3n) is 3.25. The number of benzene rings is 1. The number of rotatable bonds is 5. The molecule has 0 radical (unpaired) electrons. The molecule has 0 spiro atoms. The van der Waals surface area contributed by atoms with Crippen molar-refractivity contribution in [3.05, 3.63) is 54.9 Å². The second-order valence-electron chi connectivity index (χ2n) is 4.91. The summed E-state index contributed by atoms with van der Waals surface area (Å²) in [6.07, 6.45) is 3.37. The van der Waals surface area contributed by atoms with Gasteiger partial charge in [-0.15, -0.1) is 6.58 Å². The number of nitrogens with zero attached hydrogens (tertiary/aromatic N) is 1. The summed E-state index contributed by atoms with van der Waals surface area (Å²) in [7, 11) is 0. The minimum Gasteiger partial charge on any atom is -0.486 e. The summed E-state index contributed by atoms with van der Waals surface area (Å²) in [5, 5.41) is 5.90. The lowest BCUT2D eigenvalue weighted by molar-refractivity contribution is 0.102. The maximum atomic E-state index is 12.2. The first-order chi connectivity index (χ1) is 11.3. The van der Waals surface area contributed by atoms with Gasteiger partial charge in [-0.25, -0.2) is 4.98 Å². The minimum atomic E-state index is -0.281. The first kappa shape index (κ1) is 14.9. The van der Waals surface area contributed by atoms with E-state index in [1.807, 2.05) is 0 Å². The molecule has 6 heteroatoms. The van der Waals surface area contributed by atoms with Crippen LogP contribution in [0.1, 0.15) is 10.5 Å². The molecule has 23 heavy (non-hydrogen) atoms. The molecule has 1 aromatic heterocycles. The average molecular weight is 311 g/mol. The Hall–Kier alpha value is -3.02. The number of ether oxygens (including phenoxy) is 2. The maximum absolute atomic E-state index is 12.2. The van der Waals surface area contributed by atoms with Crippen molar-refractivity contribution in [2.45, 2.75) is 0 Å². The van der Waals surface area contributed by atoms with Crippen molar-refractivity contribution >= 4 is 17.3 Å². The minimum absolute atomic E-state index is 0.281. The van der Waals surface area contributed by atoms with E-state index in [4.69, 9.17) is 9.47 Å². The largest absolute Gasteiger partial charge is 0.486 e. The Balaban J connectivity index is 1.67. The molecule has 1 aliphatic rings. The summed E-state index contributed by atoms with van der Waals surface area (Å²) >= 11 is 0. The zero-order valence-corrected chi connectivity index (χ0v) is 12.5. The Morgan fingerprint density at radius 3 is 2.70 bits per heavy atom. The van der Waals surface area contributed by atoms with Crippen LogP contribution in [-0.4, -0.2) is 30.6 Å². The lowest BCUT2D eigenvalue weighted by Gasteiger charge is -2.18. The van der Waals surface area contributed by atoms with Crippen LogP contribution in [0.3, 0.4) is 0 Å². The van der Waals surface area contributed by atoms with Crippen LogP contribution in [0, 0.1) is 0 Å². The fourth-order valence-electron chi connectivity index (χ4n) is 2.14. The van der Waals surface area contributed by atoms with Gasteiger partial charge in [0.05, 0.1) is 11.9 Å². The molecule has 2 N–H and O–H groups in total. The molecule has 2 heterocycles. The number of pyridine rings is 1. The van der Waals surface area contributed by atoms with Crippen LogP contribution in [0.15, 0.2) is 49.2 Å². The van der Waals surface area contributed by atoms with E-state index in [0.717, 1.165) is 5.69 Å². The summed E-state index contributed by atoms with van der Waals surface area (Å²) in [6, 6.07) is 8.76. The molecule has 0 aliphatic carbocycles. The molecule has 1 aromatic carbocycles. The maximum Gasteiger partial charge on any atom is 0.274 e. The Kier molecular flexibility index (Phi) is 4.42. The van der Waals surface area contributed by atoms with E-state index in [0.29, 0.717) is 42.6 Å². The fraction of sp³-hybridized carbons (Fsp3) is 0.176. The van der Waals surface area contributed by atoms with E-state index >= 15 is 0 Å². The SMILES string of the molecule is C=CCNc1ccc(C(=O)Nc2ccc3c(c2)OCCO3)nc1. The first-order valence-corrected chi connectivity index (χ1v) is 7.28. The number of hydrogen-bond acceptors (Lipinski definition) is 5. The van der Waals surface area contributed by atoms with E-state index in [2.05, 4.69) is 22.2 Å². The highest BCUT2D eigenvalue weighted by Crippen LogP contribution is 2.32. The van der Waals surface area contributed by atoms with Crippen LogP contribution in [-0.2, 0) is 0 Å². The van der Waals surface area contributed by atoms with Crippen molar-refractivity contribution in [3.63, 3.8) is 0 Å². The van der Waals surface area contributed by atoms with Gasteiger partial charge in [-0.05, 0) is 24.3 Å². The molecule has 0 unspecified atom stereocenters. The Labute approximate surface area is 134 Å². The third kappa shape index (κ3) is 3.60. The van der Waals surface area contributed by atoms with Crippen molar-refractivity contribution in [1.82, 2.24) is 4.98 Å². The molecule has 2 aromatic rings. The molecule has 0 atom stereocenters. The summed E-state index contributed by atoms with van der Waals surface area (Å²) < 4.78 is 10.9. The Morgan fingerprint density at radius 1 is 1.17 bits per heavy atom. The number of anilines is 2. The van der Waals surface area contributed by atoms with Crippen molar-refractivity contribution in [3.8, 4) is 11.5 Å². The van der Waals surface area contributed by atoms with Gasteiger partial charge in [-0.1, -0.05) is 6.08 Å². The molecular weight excluding hydrogens is 294 g/mol. The van der Waals surface area contributed by atoms with Crippen LogP contribution < -0.4 is 20.1 Å². The van der Waals surface area contributed by atoms with Gasteiger partial charge in [0.25, 0.3) is 5.91 Å². The lowest BCUT2D eigenvalue weighted by Crippen LogP contribution is -2.17. The summed E-state index contributed by atoms with van der Waals surface area (Å²) in [5.41, 5.74) is 1.81. The van der Waals surface area contributed by atoms with Crippen molar-refractivity contribution in [2.75, 3.05) is 30.4 Å². The molecule has 1 aliphatic heterocycles. The van der Waals surface area contributed by atoms with Crippen molar-refractivity contribution in [1.29, 1.82) is 0 Å². The summed E-state index contributed by atoms with van der Waals surface area (Å²) in [5.74, 6) is 1.04. The molecular formula is C17H17N3O3. The summed E-state index contributed by atoms with van der Waals surface area (Å²) in [6.45, 7) is 5.32. The number of amides is 1. The Morgan fingerprint density at radius 2 is 1.96 bits per heavy atom. The second kappa shape index (κ2) is 6.83. The quantitative estimate of drug-likeness (QED) is 0.831. The van der Waals surface area contributed by atoms with Gasteiger partial charge in [0, 0.05) is 18.3 Å². The molecule has 0 saturated heterocycles. The van der Waals surface area contributed by atoms with E-state index in [1.165, 1.54) is 0 Å². The number of carbonyl (C=O) groups is 1. The van der Waals surface area contributed by atoms with E-state index in [9.17, 15) is 4.79 Å². The molecule has 0 bridgehead atoms. The van der Waals surface area contributed by atoms with Gasteiger partial charge in [0.15, 0.2) is 11.5 Å². The molecule has 1 amide bonds. The molecule has 6 nitrogen and oxygen atoms in total. The molecule has 118 valence electrons. The lowest BCUT2D eigenvalue weighted by atomic mass is 10.2. The predicted octanol–water partition coefficient (Wildman–Crippen LogP) is 2.70. The fourth-order valence-corrected chi connectivity index (χ4v) is 2.14. The topological polar surface area (TPSA) is 72.5 Å². The van der Waals surface area contributed by atoms with Gasteiger partial charge in [-0.2, -0.15) is 0 Å². The van der Waals surface area contributed by atoms with Crippen LogP contribution >= 0.6 is 0 Å². The zero-order chi connectivity index (χ0) is 16.1. The standard InChI is InChI=1S/C17H17N3O3/c1-2-7-18-13-3-5-14(19-11-13)17(21)20-12-4-6-15-16(10-12)23-9-8-22-15/h2-6,10-11,18H,1,7-9H2,(H,20,21). The van der Waals surface area contributed by atoms with Gasteiger partial charge in [-0.3, -0.25) is 4.79 Å². The average Bonchev–Trinajstić information content (AvgIpc) is 2.60. The summed E-state index contributed by atoms with van der Waals surface area (Å²) in [4.78, 5) is 16.4. The zero-order valence-electron chi connectivity index (χ0n) is 12.5. The van der Waals surface area contributed by atoms with E-state index in [1.54, 1.807) is 42.6 Å². The van der Waals surface area contributed by atoms with Crippen LogP contribution in [0.25, 0.3) is 0 Å². The molecule has 0 fully saturated rings. The highest BCUT2D eigenvalue weighted by atomic mass is 16.6. The van der Waals surface area contributed by atoms with Gasteiger partial charge >= 0.3 is 0 Å². The van der Waals surface area contributed by atoms with Crippen molar-refractivity contribution < 1.29 is 14.3 Å². The normalized spacial score (nSPS) is 12.3. The number of aromatic nitrogens is 1. The highest BCUT2D eigenvalue weighted by molar-refractivity contribution is 6.03. The van der Waals surface area contributed by atoms with E-state index in [-0.39, 0.29) is 5.91 Å². The van der Waals surface area contributed by atoms with E-state index < -0.39 is 0 Å². The van der Waals surface area contributed by atoms with Gasteiger partial charge in [0.2, 0.25) is 0 Å². The van der Waals surface area contributed by atoms with Crippen LogP contribution in [0.4, 0.5) is 11.4 Å². The van der Waals surface area contributed by atoms with Crippen LogP contribution in [0.5, 0.6) is 11.5 Å². The Bertz CT molecular complexity index is 714. The number of nitrogens with one attached hydrogen (secondary N) is 2. The predicted molar refractivity (Wildman–Crippen MR) is 88.3 cm³/mol. The smallest absolute Gasteiger partial charge is 0.274 e. The highest BCUT2D eigenvalue weighted by Gasteiger charge is 2.13. The number of carbonyl (C=O) groups excluding carboxylic acids is 1. The number of hydrogen-bond donors (Lipinski definition) is 2. The monoisotopic (exact) mass is 311 g/mol. The molecule has 0 saturated carbocycles. The number of fused-ring (bicyclic) bond motifs is 1. The second-order valence-corrected chi connectivity index (χ2v) is 4.91. The van der Waals surface area contributed by atoms with Crippen LogP contribution in [0.2, 0.25) is 0 Å². The first-order valence-electron chi connectivity index (χ1n) is 7.28. The van der Waals surface area contributed by atoms with Gasteiger partial charge < -0.3 is 20.1 Å².